The molecule has 0 bridgehead atoms. The van der Waals surface area contributed by atoms with Crippen LogP contribution in [0.2, 0.25) is 0 Å². The molecule has 1 aromatic rings. The molecule has 0 saturated carbocycles. The summed E-state index contributed by atoms with van der Waals surface area (Å²) in [4.78, 5) is 3.93. The third-order valence-corrected chi connectivity index (χ3v) is 2.36. The highest BCUT2D eigenvalue weighted by Crippen LogP contribution is 2.15. The second-order valence-corrected chi connectivity index (χ2v) is 3.96. The quantitative estimate of drug-likeness (QED) is 0.652. The minimum atomic E-state index is -0.367. The number of ether oxygens (including phenoxy) is 3. The molecule has 0 unspecified atom stereocenters. The number of nitrogens with zero attached hydrogens (tertiary/aromatic N) is 1. The predicted molar refractivity (Wildman–Crippen MR) is 69.8 cm³/mol. The first kappa shape index (κ1) is 15.8. The standard InChI is InChI=1S/C13H21FN2O3/c1-15-9-11-8-12(14)10-16-13(11)19-7-6-18-5-3-4-17-2/h8,10,15H,3-7,9H2,1-2H3. The van der Waals surface area contributed by atoms with Gasteiger partial charge in [0.1, 0.15) is 12.4 Å². The van der Waals surface area contributed by atoms with E-state index in [1.165, 1.54) is 6.07 Å². The SMILES string of the molecule is CNCc1cc(F)cnc1OCCOCCCOC. The summed E-state index contributed by atoms with van der Waals surface area (Å²) in [5.41, 5.74) is 0.696. The minimum Gasteiger partial charge on any atom is -0.475 e. The topological polar surface area (TPSA) is 52.6 Å². The van der Waals surface area contributed by atoms with Crippen LogP contribution in [0.5, 0.6) is 5.88 Å². The molecule has 0 aliphatic carbocycles. The molecular formula is C13H21FN2O3. The van der Waals surface area contributed by atoms with E-state index in [0.29, 0.717) is 44.4 Å². The number of pyridine rings is 1. The largest absolute Gasteiger partial charge is 0.475 e. The Bertz CT molecular complexity index is 364. The highest BCUT2D eigenvalue weighted by atomic mass is 19.1. The van der Waals surface area contributed by atoms with Gasteiger partial charge in [0.25, 0.3) is 0 Å². The van der Waals surface area contributed by atoms with Gasteiger partial charge in [0, 0.05) is 32.4 Å². The van der Waals surface area contributed by atoms with Gasteiger partial charge in [0.2, 0.25) is 5.88 Å². The highest BCUT2D eigenvalue weighted by Gasteiger charge is 2.06. The van der Waals surface area contributed by atoms with Crippen molar-refractivity contribution >= 4 is 0 Å². The summed E-state index contributed by atoms with van der Waals surface area (Å²) >= 11 is 0. The summed E-state index contributed by atoms with van der Waals surface area (Å²) in [7, 11) is 3.44. The second-order valence-electron chi connectivity index (χ2n) is 3.96. The molecule has 1 N–H and O–H groups in total. The zero-order valence-electron chi connectivity index (χ0n) is 11.4. The third-order valence-electron chi connectivity index (χ3n) is 2.36. The van der Waals surface area contributed by atoms with E-state index in [4.69, 9.17) is 14.2 Å². The van der Waals surface area contributed by atoms with E-state index < -0.39 is 0 Å². The van der Waals surface area contributed by atoms with Gasteiger partial charge in [0.15, 0.2) is 0 Å². The molecule has 1 rings (SSSR count). The lowest BCUT2D eigenvalue weighted by atomic mass is 10.2. The van der Waals surface area contributed by atoms with E-state index in [1.54, 1.807) is 14.2 Å². The van der Waals surface area contributed by atoms with E-state index in [1.807, 2.05) is 0 Å². The molecule has 108 valence electrons. The van der Waals surface area contributed by atoms with Crippen molar-refractivity contribution in [1.29, 1.82) is 0 Å². The van der Waals surface area contributed by atoms with Crippen LogP contribution in [-0.2, 0) is 16.0 Å². The van der Waals surface area contributed by atoms with Gasteiger partial charge in [0.05, 0.1) is 12.8 Å². The lowest BCUT2D eigenvalue weighted by Gasteiger charge is -2.10. The number of rotatable bonds is 10. The Kier molecular flexibility index (Phi) is 8.04. The van der Waals surface area contributed by atoms with Gasteiger partial charge in [-0.15, -0.1) is 0 Å². The monoisotopic (exact) mass is 272 g/mol. The first-order valence-corrected chi connectivity index (χ1v) is 6.26. The Hall–Kier alpha value is -1.24. The van der Waals surface area contributed by atoms with Crippen LogP contribution in [0.4, 0.5) is 4.39 Å². The molecule has 0 aromatic carbocycles. The van der Waals surface area contributed by atoms with Crippen LogP contribution in [0.3, 0.4) is 0 Å². The fourth-order valence-corrected chi connectivity index (χ4v) is 1.52. The maximum absolute atomic E-state index is 13.0. The molecule has 0 aliphatic heterocycles. The van der Waals surface area contributed by atoms with E-state index in [2.05, 4.69) is 10.3 Å². The Morgan fingerprint density at radius 1 is 1.26 bits per heavy atom. The summed E-state index contributed by atoms with van der Waals surface area (Å²) in [6, 6.07) is 1.41. The fraction of sp³-hybridized carbons (Fsp3) is 0.615. The third kappa shape index (κ3) is 6.47. The van der Waals surface area contributed by atoms with E-state index >= 15 is 0 Å². The zero-order valence-corrected chi connectivity index (χ0v) is 11.4. The Morgan fingerprint density at radius 3 is 2.84 bits per heavy atom. The van der Waals surface area contributed by atoms with E-state index in [9.17, 15) is 4.39 Å². The normalized spacial score (nSPS) is 10.7. The molecule has 0 spiro atoms. The van der Waals surface area contributed by atoms with Crippen LogP contribution in [0.15, 0.2) is 12.3 Å². The lowest BCUT2D eigenvalue weighted by molar-refractivity contribution is 0.0792. The van der Waals surface area contributed by atoms with Crippen molar-refractivity contribution in [2.24, 2.45) is 0 Å². The van der Waals surface area contributed by atoms with Gasteiger partial charge in [-0.3, -0.25) is 0 Å². The smallest absolute Gasteiger partial charge is 0.218 e. The first-order valence-electron chi connectivity index (χ1n) is 6.26. The number of hydrogen-bond acceptors (Lipinski definition) is 5. The molecule has 0 atom stereocenters. The average molecular weight is 272 g/mol. The molecule has 1 aromatic heterocycles. The van der Waals surface area contributed by atoms with Gasteiger partial charge in [-0.25, -0.2) is 9.37 Å². The zero-order chi connectivity index (χ0) is 13.9. The molecule has 0 aliphatic rings. The molecule has 0 radical (unpaired) electrons. The lowest BCUT2D eigenvalue weighted by Crippen LogP contribution is -2.13. The number of hydrogen-bond donors (Lipinski definition) is 1. The summed E-state index contributed by atoms with van der Waals surface area (Å²) in [6.07, 6.45) is 2.00. The van der Waals surface area contributed by atoms with Gasteiger partial charge >= 0.3 is 0 Å². The molecule has 0 amide bonds. The van der Waals surface area contributed by atoms with Crippen LogP contribution < -0.4 is 10.1 Å². The molecular weight excluding hydrogens is 251 g/mol. The van der Waals surface area contributed by atoms with Gasteiger partial charge in [-0.05, 0) is 19.5 Å². The molecule has 0 saturated heterocycles. The highest BCUT2D eigenvalue weighted by molar-refractivity contribution is 5.25. The second kappa shape index (κ2) is 9.66. The first-order chi connectivity index (χ1) is 9.27. The van der Waals surface area contributed by atoms with Gasteiger partial charge in [-0.1, -0.05) is 0 Å². The van der Waals surface area contributed by atoms with Crippen LogP contribution >= 0.6 is 0 Å². The Labute approximate surface area is 113 Å². The molecule has 19 heavy (non-hydrogen) atoms. The van der Waals surface area contributed by atoms with Crippen LogP contribution in [0, 0.1) is 5.82 Å². The molecule has 1 heterocycles. The predicted octanol–water partition coefficient (Wildman–Crippen LogP) is 1.37. The maximum atomic E-state index is 13.0. The van der Waals surface area contributed by atoms with Crippen molar-refractivity contribution in [3.63, 3.8) is 0 Å². The van der Waals surface area contributed by atoms with Gasteiger partial charge < -0.3 is 19.5 Å². The van der Waals surface area contributed by atoms with Crippen molar-refractivity contribution in [2.45, 2.75) is 13.0 Å². The van der Waals surface area contributed by atoms with Crippen molar-refractivity contribution < 1.29 is 18.6 Å². The minimum absolute atomic E-state index is 0.367. The average Bonchev–Trinajstić information content (AvgIpc) is 2.40. The van der Waals surface area contributed by atoms with Gasteiger partial charge in [-0.2, -0.15) is 0 Å². The summed E-state index contributed by atoms with van der Waals surface area (Å²) in [5.74, 6) is 0.0738. The number of halogens is 1. The summed E-state index contributed by atoms with van der Waals surface area (Å²) in [6.45, 7) is 2.70. The molecule has 6 heteroatoms. The molecule has 5 nitrogen and oxygen atoms in total. The number of methoxy groups -OCH3 is 1. The van der Waals surface area contributed by atoms with E-state index in [0.717, 1.165) is 12.6 Å². The summed E-state index contributed by atoms with van der Waals surface area (Å²) < 4.78 is 28.8. The van der Waals surface area contributed by atoms with Crippen molar-refractivity contribution in [2.75, 3.05) is 40.6 Å². The number of nitrogens with one attached hydrogen (secondary N) is 1. The van der Waals surface area contributed by atoms with Crippen LogP contribution in [-0.4, -0.2) is 45.6 Å². The van der Waals surface area contributed by atoms with Crippen LogP contribution in [0.1, 0.15) is 12.0 Å². The van der Waals surface area contributed by atoms with Crippen LogP contribution in [0.25, 0.3) is 0 Å². The fourth-order valence-electron chi connectivity index (χ4n) is 1.52. The Balaban J connectivity index is 2.28. The number of aromatic nitrogens is 1. The van der Waals surface area contributed by atoms with Crippen molar-refractivity contribution in [3.05, 3.63) is 23.6 Å². The van der Waals surface area contributed by atoms with Crippen molar-refractivity contribution in [3.8, 4) is 5.88 Å². The molecule has 0 fully saturated rings. The Morgan fingerprint density at radius 2 is 2.11 bits per heavy atom. The summed E-state index contributed by atoms with van der Waals surface area (Å²) in [5, 5.41) is 2.94. The van der Waals surface area contributed by atoms with E-state index in [-0.39, 0.29) is 5.82 Å². The van der Waals surface area contributed by atoms with Crippen molar-refractivity contribution in [1.82, 2.24) is 10.3 Å². The maximum Gasteiger partial charge on any atom is 0.218 e.